The summed E-state index contributed by atoms with van der Waals surface area (Å²) in [7, 11) is -3.28. The maximum atomic E-state index is 12.1. The molecule has 1 aliphatic rings. The summed E-state index contributed by atoms with van der Waals surface area (Å²) in [5.41, 5.74) is 0. The molecule has 0 spiro atoms. The largest absolute Gasteiger partial charge is 0.252 e. The number of sulfonamides is 1. The average Bonchev–Trinajstić information content (AvgIpc) is 2.71. The number of thiophene rings is 1. The Morgan fingerprint density at radius 1 is 1.53 bits per heavy atom. The van der Waals surface area contributed by atoms with E-state index in [4.69, 9.17) is 11.6 Å². The Hall–Kier alpha value is -0.100. The molecule has 0 amide bonds. The van der Waals surface area contributed by atoms with E-state index >= 15 is 0 Å². The van der Waals surface area contributed by atoms with Gasteiger partial charge in [-0.05, 0) is 24.3 Å². The van der Waals surface area contributed by atoms with Gasteiger partial charge in [-0.25, -0.2) is 8.42 Å². The summed E-state index contributed by atoms with van der Waals surface area (Å²) in [5.74, 6) is 0. The number of piperidine rings is 1. The van der Waals surface area contributed by atoms with Gasteiger partial charge in [-0.2, -0.15) is 4.31 Å². The lowest BCUT2D eigenvalue weighted by Gasteiger charge is -2.28. The molecule has 1 aliphatic heterocycles. The van der Waals surface area contributed by atoms with E-state index in [1.807, 2.05) is 0 Å². The van der Waals surface area contributed by atoms with Crippen LogP contribution in [0, 0.1) is 0 Å². The molecule has 1 fully saturated rings. The van der Waals surface area contributed by atoms with Crippen LogP contribution >= 0.6 is 22.9 Å². The van der Waals surface area contributed by atoms with Gasteiger partial charge >= 0.3 is 0 Å². The van der Waals surface area contributed by atoms with Crippen LogP contribution in [0.2, 0.25) is 0 Å². The van der Waals surface area contributed by atoms with Crippen LogP contribution in [0.25, 0.3) is 0 Å². The Morgan fingerprint density at radius 2 is 2.33 bits per heavy atom. The summed E-state index contributed by atoms with van der Waals surface area (Å²) in [6.07, 6.45) is 1.75. The second-order valence-corrected chi connectivity index (χ2v) is 7.26. The maximum Gasteiger partial charge on any atom is 0.252 e. The Balaban J connectivity index is 2.22. The van der Waals surface area contributed by atoms with E-state index in [1.165, 1.54) is 15.6 Å². The zero-order valence-corrected chi connectivity index (χ0v) is 10.5. The third-order valence-electron chi connectivity index (χ3n) is 2.42. The first-order valence-corrected chi connectivity index (χ1v) is 7.54. The van der Waals surface area contributed by atoms with Crippen molar-refractivity contribution in [2.75, 3.05) is 13.1 Å². The van der Waals surface area contributed by atoms with E-state index in [9.17, 15) is 8.42 Å². The molecular formula is C9H12ClNO2S2. The van der Waals surface area contributed by atoms with Crippen LogP contribution in [0.4, 0.5) is 0 Å². The summed E-state index contributed by atoms with van der Waals surface area (Å²) < 4.78 is 26.0. The molecular weight excluding hydrogens is 254 g/mol. The topological polar surface area (TPSA) is 37.4 Å². The highest BCUT2D eigenvalue weighted by atomic mass is 35.5. The summed E-state index contributed by atoms with van der Waals surface area (Å²) >= 11 is 7.23. The first-order chi connectivity index (χ1) is 7.10. The smallest absolute Gasteiger partial charge is 0.206 e. The molecule has 1 atom stereocenters. The second kappa shape index (κ2) is 4.41. The van der Waals surface area contributed by atoms with Gasteiger partial charge in [-0.3, -0.25) is 0 Å². The van der Waals surface area contributed by atoms with Crippen LogP contribution < -0.4 is 0 Å². The molecule has 1 aromatic heterocycles. The van der Waals surface area contributed by atoms with Gasteiger partial charge in [0.05, 0.1) is 0 Å². The zero-order valence-electron chi connectivity index (χ0n) is 8.10. The maximum absolute atomic E-state index is 12.1. The van der Waals surface area contributed by atoms with Gasteiger partial charge in [0, 0.05) is 18.5 Å². The van der Waals surface area contributed by atoms with Crippen molar-refractivity contribution < 1.29 is 8.42 Å². The van der Waals surface area contributed by atoms with E-state index in [1.54, 1.807) is 17.5 Å². The minimum atomic E-state index is -3.28. The molecule has 6 heteroatoms. The van der Waals surface area contributed by atoms with Crippen LogP contribution in [-0.2, 0) is 10.0 Å². The number of nitrogens with zero attached hydrogens (tertiary/aromatic N) is 1. The highest BCUT2D eigenvalue weighted by Gasteiger charge is 2.29. The number of hydrogen-bond donors (Lipinski definition) is 0. The molecule has 0 aromatic carbocycles. The quantitative estimate of drug-likeness (QED) is 0.769. The average molecular weight is 266 g/mol. The summed E-state index contributed by atoms with van der Waals surface area (Å²) in [4.78, 5) is 0. The fourth-order valence-electron chi connectivity index (χ4n) is 1.65. The molecule has 15 heavy (non-hydrogen) atoms. The Kier molecular flexibility index (Phi) is 3.35. The minimum absolute atomic E-state index is 0.0477. The summed E-state index contributed by atoms with van der Waals surface area (Å²) in [5, 5.41) is 1.73. The van der Waals surface area contributed by atoms with Crippen LogP contribution in [-0.4, -0.2) is 31.2 Å². The van der Waals surface area contributed by atoms with Gasteiger partial charge in [0.2, 0.25) is 0 Å². The SMILES string of the molecule is O=S(=O)(c1cccs1)N1CCCC(Cl)C1. The molecule has 1 aromatic rings. The summed E-state index contributed by atoms with van der Waals surface area (Å²) in [6, 6.07) is 3.39. The van der Waals surface area contributed by atoms with E-state index in [0.717, 1.165) is 12.8 Å². The highest BCUT2D eigenvalue weighted by molar-refractivity contribution is 7.91. The van der Waals surface area contributed by atoms with Crippen molar-refractivity contribution in [2.24, 2.45) is 0 Å². The Labute approximate surface area is 98.7 Å². The Morgan fingerprint density at radius 3 is 2.93 bits per heavy atom. The number of halogens is 1. The monoisotopic (exact) mass is 265 g/mol. The number of alkyl halides is 1. The molecule has 84 valence electrons. The van der Waals surface area contributed by atoms with Crippen molar-refractivity contribution in [2.45, 2.75) is 22.4 Å². The molecule has 0 radical (unpaired) electrons. The predicted octanol–water partition coefficient (Wildman–Crippen LogP) is 2.14. The molecule has 0 aliphatic carbocycles. The van der Waals surface area contributed by atoms with E-state index in [0.29, 0.717) is 17.3 Å². The van der Waals surface area contributed by atoms with Crippen molar-refractivity contribution in [3.05, 3.63) is 17.5 Å². The van der Waals surface area contributed by atoms with Crippen molar-refractivity contribution in [3.63, 3.8) is 0 Å². The van der Waals surface area contributed by atoms with Crippen LogP contribution in [0.15, 0.2) is 21.7 Å². The normalized spacial score (nSPS) is 24.2. The van der Waals surface area contributed by atoms with E-state index in [2.05, 4.69) is 0 Å². The lowest BCUT2D eigenvalue weighted by molar-refractivity contribution is 0.351. The highest BCUT2D eigenvalue weighted by Crippen LogP contribution is 2.25. The third-order valence-corrected chi connectivity index (χ3v) is 6.01. The minimum Gasteiger partial charge on any atom is -0.206 e. The number of rotatable bonds is 2. The van der Waals surface area contributed by atoms with E-state index in [-0.39, 0.29) is 5.38 Å². The van der Waals surface area contributed by atoms with Crippen LogP contribution in [0.3, 0.4) is 0 Å². The molecule has 0 bridgehead atoms. The first-order valence-electron chi connectivity index (χ1n) is 4.78. The predicted molar refractivity (Wildman–Crippen MR) is 62.0 cm³/mol. The fourth-order valence-corrected chi connectivity index (χ4v) is 4.72. The molecule has 1 unspecified atom stereocenters. The summed E-state index contributed by atoms with van der Waals surface area (Å²) in [6.45, 7) is 1.02. The van der Waals surface area contributed by atoms with Crippen molar-refractivity contribution in [1.29, 1.82) is 0 Å². The molecule has 1 saturated heterocycles. The van der Waals surface area contributed by atoms with Crippen molar-refractivity contribution >= 4 is 33.0 Å². The van der Waals surface area contributed by atoms with Gasteiger partial charge in [0.1, 0.15) is 4.21 Å². The molecule has 3 nitrogen and oxygen atoms in total. The second-order valence-electron chi connectivity index (χ2n) is 3.53. The molecule has 0 saturated carbocycles. The Bertz CT molecular complexity index is 415. The van der Waals surface area contributed by atoms with Gasteiger partial charge in [-0.1, -0.05) is 6.07 Å². The van der Waals surface area contributed by atoms with Crippen molar-refractivity contribution in [3.8, 4) is 0 Å². The zero-order chi connectivity index (χ0) is 10.9. The number of hydrogen-bond acceptors (Lipinski definition) is 3. The van der Waals surface area contributed by atoms with Crippen LogP contribution in [0.5, 0.6) is 0 Å². The van der Waals surface area contributed by atoms with Gasteiger partial charge in [0.25, 0.3) is 10.0 Å². The molecule has 2 rings (SSSR count). The standard InChI is InChI=1S/C9H12ClNO2S2/c10-8-3-1-5-11(7-8)15(12,13)9-4-2-6-14-9/h2,4,6,8H,1,3,5,7H2. The van der Waals surface area contributed by atoms with Crippen LogP contribution in [0.1, 0.15) is 12.8 Å². The fraction of sp³-hybridized carbons (Fsp3) is 0.556. The first kappa shape index (κ1) is 11.4. The van der Waals surface area contributed by atoms with Gasteiger partial charge in [-0.15, -0.1) is 22.9 Å². The lowest BCUT2D eigenvalue weighted by Crippen LogP contribution is -2.40. The van der Waals surface area contributed by atoms with E-state index < -0.39 is 10.0 Å². The van der Waals surface area contributed by atoms with Gasteiger partial charge < -0.3 is 0 Å². The molecule has 0 N–H and O–H groups in total. The molecule has 2 heterocycles. The lowest BCUT2D eigenvalue weighted by atomic mass is 10.2. The van der Waals surface area contributed by atoms with Gasteiger partial charge in [0.15, 0.2) is 0 Å². The third kappa shape index (κ3) is 2.36. The van der Waals surface area contributed by atoms with Crippen molar-refractivity contribution in [1.82, 2.24) is 4.31 Å².